The van der Waals surface area contributed by atoms with Crippen LogP contribution in [0.4, 0.5) is 5.82 Å². The summed E-state index contributed by atoms with van der Waals surface area (Å²) in [5.41, 5.74) is 0.479. The van der Waals surface area contributed by atoms with Crippen molar-refractivity contribution in [2.45, 2.75) is 26.7 Å². The molecule has 19 heavy (non-hydrogen) atoms. The first-order chi connectivity index (χ1) is 9.04. The van der Waals surface area contributed by atoms with Gasteiger partial charge < -0.3 is 10.1 Å². The van der Waals surface area contributed by atoms with Crippen LogP contribution in [0.2, 0.25) is 5.15 Å². The van der Waals surface area contributed by atoms with Crippen LogP contribution >= 0.6 is 11.6 Å². The quantitative estimate of drug-likeness (QED) is 0.679. The number of anilines is 1. The first-order valence-corrected chi connectivity index (χ1v) is 6.73. The van der Waals surface area contributed by atoms with Crippen LogP contribution < -0.4 is 5.32 Å². The molecule has 1 fully saturated rings. The number of nitrogens with one attached hydrogen (secondary N) is 1. The lowest BCUT2D eigenvalue weighted by molar-refractivity contribution is 0.0299. The Balaban J connectivity index is 2.12. The van der Waals surface area contributed by atoms with E-state index in [1.807, 2.05) is 0 Å². The van der Waals surface area contributed by atoms with E-state index in [1.54, 1.807) is 6.92 Å². The molecule has 2 rings (SSSR count). The highest BCUT2D eigenvalue weighted by Gasteiger charge is 2.27. The minimum atomic E-state index is 0.156. The van der Waals surface area contributed by atoms with E-state index in [0.717, 1.165) is 32.6 Å². The number of halogens is 1. The van der Waals surface area contributed by atoms with Gasteiger partial charge in [-0.05, 0) is 25.2 Å². The molecule has 1 N–H and O–H groups in total. The molecule has 0 aromatic carbocycles. The number of nitrogens with zero attached hydrogens (tertiary/aromatic N) is 2. The predicted octanol–water partition coefficient (Wildman–Crippen LogP) is 2.48. The first kappa shape index (κ1) is 14.2. The SMILES string of the molecule is Cc1nc(Cl)c(C=O)c(NCC2(C)CCOCC2)n1. The van der Waals surface area contributed by atoms with E-state index in [2.05, 4.69) is 22.2 Å². The largest absolute Gasteiger partial charge is 0.381 e. The van der Waals surface area contributed by atoms with Gasteiger partial charge in [0.25, 0.3) is 0 Å². The fourth-order valence-corrected chi connectivity index (χ4v) is 2.38. The lowest BCUT2D eigenvalue weighted by Crippen LogP contribution is -2.33. The molecule has 0 bridgehead atoms. The lowest BCUT2D eigenvalue weighted by atomic mass is 9.82. The summed E-state index contributed by atoms with van der Waals surface area (Å²) in [4.78, 5) is 19.3. The van der Waals surface area contributed by atoms with Gasteiger partial charge in [-0.3, -0.25) is 4.79 Å². The van der Waals surface area contributed by atoms with Crippen molar-refractivity contribution in [1.29, 1.82) is 0 Å². The van der Waals surface area contributed by atoms with E-state index in [0.29, 0.717) is 23.5 Å². The summed E-state index contributed by atoms with van der Waals surface area (Å²) in [5, 5.41) is 3.43. The summed E-state index contributed by atoms with van der Waals surface area (Å²) in [7, 11) is 0. The number of ether oxygens (including phenoxy) is 1. The highest BCUT2D eigenvalue weighted by molar-refractivity contribution is 6.32. The summed E-state index contributed by atoms with van der Waals surface area (Å²) in [6.45, 7) is 6.26. The summed E-state index contributed by atoms with van der Waals surface area (Å²) in [5.74, 6) is 1.07. The van der Waals surface area contributed by atoms with E-state index < -0.39 is 0 Å². The molecule has 6 heteroatoms. The monoisotopic (exact) mass is 283 g/mol. The van der Waals surface area contributed by atoms with Crippen molar-refractivity contribution in [2.24, 2.45) is 5.41 Å². The van der Waals surface area contributed by atoms with E-state index in [4.69, 9.17) is 16.3 Å². The Kier molecular flexibility index (Phi) is 4.37. The number of aryl methyl sites for hydroxylation is 1. The van der Waals surface area contributed by atoms with Crippen LogP contribution in [0.25, 0.3) is 0 Å². The maximum atomic E-state index is 11.1. The van der Waals surface area contributed by atoms with E-state index in [9.17, 15) is 4.79 Å². The van der Waals surface area contributed by atoms with Gasteiger partial charge in [-0.1, -0.05) is 18.5 Å². The molecule has 0 saturated carbocycles. The van der Waals surface area contributed by atoms with Crippen molar-refractivity contribution >= 4 is 23.7 Å². The zero-order chi connectivity index (χ0) is 13.9. The highest BCUT2D eigenvalue weighted by atomic mass is 35.5. The van der Waals surface area contributed by atoms with Crippen LogP contribution in [0.15, 0.2) is 0 Å². The second kappa shape index (κ2) is 5.84. The van der Waals surface area contributed by atoms with Gasteiger partial charge in [0.15, 0.2) is 6.29 Å². The van der Waals surface area contributed by atoms with Crippen LogP contribution in [0.3, 0.4) is 0 Å². The molecule has 1 aliphatic heterocycles. The number of carbonyl (C=O) groups is 1. The number of rotatable bonds is 4. The Bertz CT molecular complexity index is 473. The van der Waals surface area contributed by atoms with Gasteiger partial charge in [-0.25, -0.2) is 9.97 Å². The van der Waals surface area contributed by atoms with Crippen molar-refractivity contribution in [1.82, 2.24) is 9.97 Å². The summed E-state index contributed by atoms with van der Waals surface area (Å²) in [6, 6.07) is 0. The molecule has 0 amide bonds. The number of aldehydes is 1. The van der Waals surface area contributed by atoms with Crippen molar-refractivity contribution in [2.75, 3.05) is 25.1 Å². The molecular formula is C13H18ClN3O2. The Morgan fingerprint density at radius 2 is 2.11 bits per heavy atom. The number of hydrogen-bond acceptors (Lipinski definition) is 5. The second-order valence-electron chi connectivity index (χ2n) is 5.22. The summed E-state index contributed by atoms with van der Waals surface area (Å²) < 4.78 is 5.37. The third kappa shape index (κ3) is 3.42. The van der Waals surface area contributed by atoms with Gasteiger partial charge in [-0.2, -0.15) is 0 Å². The predicted molar refractivity (Wildman–Crippen MR) is 73.8 cm³/mol. The standard InChI is InChI=1S/C13H18ClN3O2/c1-9-16-11(14)10(7-18)12(17-9)15-8-13(2)3-5-19-6-4-13/h7H,3-6,8H2,1-2H3,(H,15,16,17). The minimum absolute atomic E-state index is 0.156. The Hall–Kier alpha value is -1.20. The number of aromatic nitrogens is 2. The maximum Gasteiger partial charge on any atom is 0.156 e. The lowest BCUT2D eigenvalue weighted by Gasteiger charge is -2.33. The molecule has 1 saturated heterocycles. The topological polar surface area (TPSA) is 64.1 Å². The van der Waals surface area contributed by atoms with Gasteiger partial charge in [0, 0.05) is 19.8 Å². The molecule has 1 aromatic heterocycles. The first-order valence-electron chi connectivity index (χ1n) is 6.35. The van der Waals surface area contributed by atoms with Crippen molar-refractivity contribution in [3.8, 4) is 0 Å². The fourth-order valence-electron chi connectivity index (χ4n) is 2.12. The molecule has 1 aliphatic rings. The van der Waals surface area contributed by atoms with Crippen LogP contribution in [0, 0.1) is 12.3 Å². The van der Waals surface area contributed by atoms with E-state index >= 15 is 0 Å². The fraction of sp³-hybridized carbons (Fsp3) is 0.615. The molecule has 0 spiro atoms. The molecule has 5 nitrogen and oxygen atoms in total. The molecule has 0 aliphatic carbocycles. The normalized spacial score (nSPS) is 18.1. The average Bonchev–Trinajstić information content (AvgIpc) is 2.37. The molecule has 2 heterocycles. The minimum Gasteiger partial charge on any atom is -0.381 e. The van der Waals surface area contributed by atoms with Crippen LogP contribution in [-0.2, 0) is 4.74 Å². The van der Waals surface area contributed by atoms with Crippen molar-refractivity contribution in [3.05, 3.63) is 16.5 Å². The third-order valence-electron chi connectivity index (χ3n) is 3.51. The van der Waals surface area contributed by atoms with Gasteiger partial charge in [-0.15, -0.1) is 0 Å². The third-order valence-corrected chi connectivity index (χ3v) is 3.80. The second-order valence-corrected chi connectivity index (χ2v) is 5.58. The highest BCUT2D eigenvalue weighted by Crippen LogP contribution is 2.30. The molecule has 104 valence electrons. The molecule has 0 unspecified atom stereocenters. The van der Waals surface area contributed by atoms with Gasteiger partial charge >= 0.3 is 0 Å². The average molecular weight is 284 g/mol. The van der Waals surface area contributed by atoms with E-state index in [1.165, 1.54) is 0 Å². The van der Waals surface area contributed by atoms with Gasteiger partial charge in [0.2, 0.25) is 0 Å². The van der Waals surface area contributed by atoms with Crippen molar-refractivity contribution in [3.63, 3.8) is 0 Å². The molecule has 0 radical (unpaired) electrons. The zero-order valence-electron chi connectivity index (χ0n) is 11.2. The number of hydrogen-bond donors (Lipinski definition) is 1. The van der Waals surface area contributed by atoms with Gasteiger partial charge in [0.1, 0.15) is 16.8 Å². The summed E-state index contributed by atoms with van der Waals surface area (Å²) in [6.07, 6.45) is 2.68. The molecular weight excluding hydrogens is 266 g/mol. The molecule has 1 aromatic rings. The van der Waals surface area contributed by atoms with Crippen molar-refractivity contribution < 1.29 is 9.53 Å². The number of carbonyl (C=O) groups excluding carboxylic acids is 1. The Labute approximate surface area is 117 Å². The maximum absolute atomic E-state index is 11.1. The summed E-state index contributed by atoms with van der Waals surface area (Å²) >= 11 is 5.95. The molecule has 0 atom stereocenters. The smallest absolute Gasteiger partial charge is 0.156 e. The Morgan fingerprint density at radius 3 is 2.74 bits per heavy atom. The van der Waals surface area contributed by atoms with Crippen LogP contribution in [0.1, 0.15) is 35.9 Å². The van der Waals surface area contributed by atoms with E-state index in [-0.39, 0.29) is 10.6 Å². The zero-order valence-corrected chi connectivity index (χ0v) is 12.0. The van der Waals surface area contributed by atoms with Crippen LogP contribution in [0.5, 0.6) is 0 Å². The van der Waals surface area contributed by atoms with Gasteiger partial charge in [0.05, 0.1) is 5.56 Å². The van der Waals surface area contributed by atoms with Crippen LogP contribution in [-0.4, -0.2) is 36.0 Å². The Morgan fingerprint density at radius 1 is 1.42 bits per heavy atom.